The van der Waals surface area contributed by atoms with Crippen LogP contribution in [0.3, 0.4) is 0 Å². The molecule has 1 heterocycles. The molecule has 2 saturated carbocycles. The van der Waals surface area contributed by atoms with Crippen molar-refractivity contribution < 1.29 is 9.59 Å². The summed E-state index contributed by atoms with van der Waals surface area (Å²) in [5, 5.41) is 3.06. The molecule has 0 spiro atoms. The fourth-order valence-corrected chi connectivity index (χ4v) is 2.95. The quantitative estimate of drug-likeness (QED) is 0.775. The third-order valence-corrected chi connectivity index (χ3v) is 4.77. The van der Waals surface area contributed by atoms with Crippen LogP contribution >= 0.6 is 0 Å². The van der Waals surface area contributed by atoms with Gasteiger partial charge < -0.3 is 16.0 Å². The van der Waals surface area contributed by atoms with Crippen LogP contribution in [-0.4, -0.2) is 41.4 Å². The molecule has 0 unspecified atom stereocenters. The number of hydrogen-bond donors (Lipinski definition) is 2. The SMILES string of the molecule is NC1(C(=O)NC2CCN(C(=O)C3CC3)CC2)CCC1. The third-order valence-electron chi connectivity index (χ3n) is 4.77. The van der Waals surface area contributed by atoms with Crippen LogP contribution in [0.25, 0.3) is 0 Å². The molecule has 1 aliphatic heterocycles. The lowest BCUT2D eigenvalue weighted by atomic mass is 9.77. The number of nitrogens with one attached hydrogen (secondary N) is 1. The normalized spacial score (nSPS) is 26.7. The van der Waals surface area contributed by atoms with Crippen LogP contribution in [0.15, 0.2) is 0 Å². The molecule has 3 aliphatic rings. The molecule has 19 heavy (non-hydrogen) atoms. The number of amides is 2. The van der Waals surface area contributed by atoms with E-state index in [1.165, 1.54) is 0 Å². The number of rotatable bonds is 3. The van der Waals surface area contributed by atoms with Gasteiger partial charge in [-0.3, -0.25) is 9.59 Å². The number of carbonyl (C=O) groups is 2. The summed E-state index contributed by atoms with van der Waals surface area (Å²) in [6, 6.07) is 0.191. The summed E-state index contributed by atoms with van der Waals surface area (Å²) in [6.45, 7) is 1.55. The summed E-state index contributed by atoms with van der Waals surface area (Å²) >= 11 is 0. The van der Waals surface area contributed by atoms with Gasteiger partial charge in [-0.05, 0) is 44.9 Å². The number of nitrogens with zero attached hydrogens (tertiary/aromatic N) is 1. The number of likely N-dealkylation sites (tertiary alicyclic amines) is 1. The summed E-state index contributed by atoms with van der Waals surface area (Å²) < 4.78 is 0. The highest BCUT2D eigenvalue weighted by Gasteiger charge is 2.41. The minimum absolute atomic E-state index is 0.00530. The average Bonchev–Trinajstić information content (AvgIpc) is 3.20. The van der Waals surface area contributed by atoms with E-state index < -0.39 is 5.54 Å². The molecule has 0 atom stereocenters. The van der Waals surface area contributed by atoms with Gasteiger partial charge in [0.25, 0.3) is 0 Å². The van der Waals surface area contributed by atoms with Gasteiger partial charge in [-0.25, -0.2) is 0 Å². The molecule has 0 bridgehead atoms. The van der Waals surface area contributed by atoms with Gasteiger partial charge in [-0.15, -0.1) is 0 Å². The lowest BCUT2D eigenvalue weighted by Gasteiger charge is -2.39. The van der Waals surface area contributed by atoms with Crippen molar-refractivity contribution in [2.75, 3.05) is 13.1 Å². The molecule has 5 nitrogen and oxygen atoms in total. The maximum Gasteiger partial charge on any atom is 0.240 e. The molecular weight excluding hydrogens is 242 g/mol. The zero-order valence-electron chi connectivity index (χ0n) is 11.4. The first-order valence-corrected chi connectivity index (χ1v) is 7.47. The van der Waals surface area contributed by atoms with Crippen LogP contribution in [0, 0.1) is 5.92 Å². The highest BCUT2D eigenvalue weighted by atomic mass is 16.2. The maximum absolute atomic E-state index is 12.0. The molecule has 5 heteroatoms. The van der Waals surface area contributed by atoms with E-state index >= 15 is 0 Å². The predicted octanol–water partition coefficient (Wildman–Crippen LogP) is 0.385. The molecule has 3 rings (SSSR count). The second-order valence-electron chi connectivity index (χ2n) is 6.36. The summed E-state index contributed by atoms with van der Waals surface area (Å²) in [5.41, 5.74) is 5.40. The Kier molecular flexibility index (Phi) is 3.25. The van der Waals surface area contributed by atoms with E-state index in [4.69, 9.17) is 5.73 Å². The topological polar surface area (TPSA) is 75.4 Å². The fourth-order valence-electron chi connectivity index (χ4n) is 2.95. The van der Waals surface area contributed by atoms with Crippen molar-refractivity contribution in [1.82, 2.24) is 10.2 Å². The molecule has 3 N–H and O–H groups in total. The first kappa shape index (κ1) is 12.9. The highest BCUT2D eigenvalue weighted by molar-refractivity contribution is 5.87. The van der Waals surface area contributed by atoms with Crippen molar-refractivity contribution in [2.24, 2.45) is 11.7 Å². The Hall–Kier alpha value is -1.10. The van der Waals surface area contributed by atoms with Crippen molar-refractivity contribution in [2.45, 2.75) is 56.5 Å². The number of hydrogen-bond acceptors (Lipinski definition) is 3. The molecule has 2 aliphatic carbocycles. The fraction of sp³-hybridized carbons (Fsp3) is 0.857. The molecule has 3 fully saturated rings. The molecule has 106 valence electrons. The minimum atomic E-state index is -0.610. The molecule has 0 radical (unpaired) electrons. The Morgan fingerprint density at radius 3 is 2.21 bits per heavy atom. The zero-order chi connectivity index (χ0) is 13.5. The standard InChI is InChI=1S/C14H23N3O2/c15-14(6-1-7-14)13(19)16-11-4-8-17(9-5-11)12(18)10-2-3-10/h10-11H,1-9,15H2,(H,16,19). The van der Waals surface area contributed by atoms with Gasteiger partial charge in [0.1, 0.15) is 0 Å². The summed E-state index contributed by atoms with van der Waals surface area (Å²) in [7, 11) is 0. The van der Waals surface area contributed by atoms with Crippen LogP contribution < -0.4 is 11.1 Å². The summed E-state index contributed by atoms with van der Waals surface area (Å²) in [6.07, 6.45) is 6.50. The van der Waals surface area contributed by atoms with E-state index in [0.717, 1.165) is 58.0 Å². The van der Waals surface area contributed by atoms with Crippen LogP contribution in [0.4, 0.5) is 0 Å². The van der Waals surface area contributed by atoms with Crippen molar-refractivity contribution in [3.8, 4) is 0 Å². The van der Waals surface area contributed by atoms with Crippen molar-refractivity contribution in [3.63, 3.8) is 0 Å². The monoisotopic (exact) mass is 265 g/mol. The van der Waals surface area contributed by atoms with E-state index in [1.807, 2.05) is 4.90 Å². The highest BCUT2D eigenvalue weighted by Crippen LogP contribution is 2.32. The van der Waals surface area contributed by atoms with Crippen molar-refractivity contribution in [3.05, 3.63) is 0 Å². The van der Waals surface area contributed by atoms with Crippen LogP contribution in [0.2, 0.25) is 0 Å². The van der Waals surface area contributed by atoms with Gasteiger partial charge in [-0.2, -0.15) is 0 Å². The van der Waals surface area contributed by atoms with Gasteiger partial charge in [0.15, 0.2) is 0 Å². The Labute approximate surface area is 113 Å². The first-order valence-electron chi connectivity index (χ1n) is 7.47. The van der Waals surface area contributed by atoms with Crippen molar-refractivity contribution >= 4 is 11.8 Å². The largest absolute Gasteiger partial charge is 0.352 e. The molecule has 0 aromatic heterocycles. The summed E-state index contributed by atoms with van der Waals surface area (Å²) in [5.74, 6) is 0.623. The van der Waals surface area contributed by atoms with Gasteiger partial charge in [0.05, 0.1) is 5.54 Å². The Morgan fingerprint density at radius 1 is 1.11 bits per heavy atom. The van der Waals surface area contributed by atoms with E-state index in [-0.39, 0.29) is 11.9 Å². The van der Waals surface area contributed by atoms with Gasteiger partial charge in [-0.1, -0.05) is 0 Å². The van der Waals surface area contributed by atoms with E-state index in [1.54, 1.807) is 0 Å². The molecule has 2 amide bonds. The lowest BCUT2D eigenvalue weighted by molar-refractivity contribution is -0.134. The smallest absolute Gasteiger partial charge is 0.240 e. The number of carbonyl (C=O) groups excluding carboxylic acids is 2. The molecule has 0 aromatic carbocycles. The maximum atomic E-state index is 12.0. The van der Waals surface area contributed by atoms with Gasteiger partial charge in [0.2, 0.25) is 11.8 Å². The second-order valence-corrected chi connectivity index (χ2v) is 6.36. The van der Waals surface area contributed by atoms with Crippen LogP contribution in [0.1, 0.15) is 44.9 Å². The Balaban J connectivity index is 1.45. The van der Waals surface area contributed by atoms with Crippen LogP contribution in [0.5, 0.6) is 0 Å². The number of piperidine rings is 1. The van der Waals surface area contributed by atoms with E-state index in [0.29, 0.717) is 11.8 Å². The summed E-state index contributed by atoms with van der Waals surface area (Å²) in [4.78, 5) is 25.9. The van der Waals surface area contributed by atoms with E-state index in [9.17, 15) is 9.59 Å². The van der Waals surface area contributed by atoms with Gasteiger partial charge in [0, 0.05) is 25.0 Å². The van der Waals surface area contributed by atoms with Crippen molar-refractivity contribution in [1.29, 1.82) is 0 Å². The lowest BCUT2D eigenvalue weighted by Crippen LogP contribution is -2.61. The van der Waals surface area contributed by atoms with Crippen LogP contribution in [-0.2, 0) is 9.59 Å². The average molecular weight is 265 g/mol. The third kappa shape index (κ3) is 2.61. The Bertz CT molecular complexity index is 380. The molecular formula is C14H23N3O2. The zero-order valence-corrected chi connectivity index (χ0v) is 11.4. The Morgan fingerprint density at radius 2 is 1.74 bits per heavy atom. The first-order chi connectivity index (χ1) is 9.08. The number of nitrogens with two attached hydrogens (primary N) is 1. The second kappa shape index (κ2) is 4.78. The molecule has 1 saturated heterocycles. The van der Waals surface area contributed by atoms with Gasteiger partial charge >= 0.3 is 0 Å². The molecule has 0 aromatic rings. The predicted molar refractivity (Wildman–Crippen MR) is 71.2 cm³/mol. The minimum Gasteiger partial charge on any atom is -0.352 e. The van der Waals surface area contributed by atoms with E-state index in [2.05, 4.69) is 5.32 Å².